The van der Waals surface area contributed by atoms with E-state index in [-0.39, 0.29) is 36.8 Å². The molecule has 0 amide bonds. The van der Waals surface area contributed by atoms with Crippen LogP contribution in [0, 0.1) is 23.5 Å². The lowest BCUT2D eigenvalue weighted by Crippen LogP contribution is -2.35. The second-order valence-corrected chi connectivity index (χ2v) is 9.35. The topological polar surface area (TPSA) is 53.5 Å². The first kappa shape index (κ1) is 19.3. The van der Waals surface area contributed by atoms with Gasteiger partial charge in [-0.1, -0.05) is 11.6 Å². The largest absolute Gasteiger partial charge is 0.365 e. The SMILES string of the molecule is O=S(=O)(c1ccc(Cl)s1)N1CCCN(c2c(F)c(F)nc(F)c2F)CC1. The number of nitrogens with zero attached hydrogens (tertiary/aromatic N) is 3. The number of sulfonamides is 1. The Morgan fingerprint density at radius 3 is 2.23 bits per heavy atom. The van der Waals surface area contributed by atoms with Crippen LogP contribution >= 0.6 is 22.9 Å². The van der Waals surface area contributed by atoms with Gasteiger partial charge in [0, 0.05) is 26.2 Å². The van der Waals surface area contributed by atoms with Gasteiger partial charge in [-0.15, -0.1) is 11.3 Å². The molecule has 1 fully saturated rings. The Morgan fingerprint density at radius 1 is 1.00 bits per heavy atom. The summed E-state index contributed by atoms with van der Waals surface area (Å²) in [4.78, 5) is 3.60. The van der Waals surface area contributed by atoms with Crippen molar-refractivity contribution < 1.29 is 26.0 Å². The quantitative estimate of drug-likeness (QED) is 0.555. The van der Waals surface area contributed by atoms with E-state index in [2.05, 4.69) is 4.98 Å². The van der Waals surface area contributed by atoms with Crippen molar-refractivity contribution in [3.8, 4) is 0 Å². The predicted octanol–water partition coefficient (Wildman–Crippen LogP) is 3.25. The van der Waals surface area contributed by atoms with Crippen molar-refractivity contribution in [2.45, 2.75) is 10.6 Å². The molecule has 12 heteroatoms. The van der Waals surface area contributed by atoms with Gasteiger partial charge in [0.05, 0.1) is 4.34 Å². The van der Waals surface area contributed by atoms with Crippen LogP contribution in [0.2, 0.25) is 4.34 Å². The van der Waals surface area contributed by atoms with Crippen molar-refractivity contribution in [2.75, 3.05) is 31.1 Å². The Morgan fingerprint density at radius 2 is 1.65 bits per heavy atom. The lowest BCUT2D eigenvalue weighted by molar-refractivity contribution is 0.405. The van der Waals surface area contributed by atoms with E-state index in [1.54, 1.807) is 0 Å². The van der Waals surface area contributed by atoms with Gasteiger partial charge in [-0.05, 0) is 18.6 Å². The fraction of sp³-hybridized carbons (Fsp3) is 0.357. The van der Waals surface area contributed by atoms with Gasteiger partial charge in [0.25, 0.3) is 21.9 Å². The Balaban J connectivity index is 1.86. The van der Waals surface area contributed by atoms with Gasteiger partial charge in [-0.3, -0.25) is 0 Å². The summed E-state index contributed by atoms with van der Waals surface area (Å²) < 4.78 is 81.3. The lowest BCUT2D eigenvalue weighted by atomic mass is 10.3. The van der Waals surface area contributed by atoms with E-state index in [4.69, 9.17) is 11.6 Å². The van der Waals surface area contributed by atoms with Crippen LogP contribution < -0.4 is 4.90 Å². The molecule has 26 heavy (non-hydrogen) atoms. The fourth-order valence-corrected chi connectivity index (χ4v) is 5.78. The third kappa shape index (κ3) is 3.53. The minimum absolute atomic E-state index is 0.0218. The standard InChI is InChI=1S/C14H12ClF4N3O2S2/c15-8-2-3-9(25-8)26(23,24)22-5-1-4-21(6-7-22)12-10(16)13(18)20-14(19)11(12)17/h2-3H,1,4-7H2. The number of rotatable bonds is 3. The molecular formula is C14H12ClF4N3O2S2. The van der Waals surface area contributed by atoms with Crippen LogP contribution in [0.15, 0.2) is 16.3 Å². The van der Waals surface area contributed by atoms with Gasteiger partial charge in [0.2, 0.25) is 11.6 Å². The number of pyridine rings is 1. The molecule has 0 saturated carbocycles. The van der Waals surface area contributed by atoms with Crippen LogP contribution in [-0.4, -0.2) is 43.9 Å². The Bertz CT molecular complexity index is 912. The second kappa shape index (κ2) is 7.29. The zero-order chi connectivity index (χ0) is 19.1. The van der Waals surface area contributed by atoms with E-state index < -0.39 is 39.2 Å². The van der Waals surface area contributed by atoms with Crippen LogP contribution in [0.1, 0.15) is 6.42 Å². The molecule has 3 heterocycles. The molecule has 0 unspecified atom stereocenters. The van der Waals surface area contributed by atoms with E-state index in [1.807, 2.05) is 0 Å². The van der Waals surface area contributed by atoms with Crippen LogP contribution in [0.25, 0.3) is 0 Å². The first-order valence-corrected chi connectivity index (χ1v) is 10.1. The van der Waals surface area contributed by atoms with Crippen LogP contribution in [0.4, 0.5) is 23.2 Å². The summed E-state index contributed by atoms with van der Waals surface area (Å²) in [6.07, 6.45) is 0.211. The Kier molecular flexibility index (Phi) is 5.42. The van der Waals surface area contributed by atoms with Crippen LogP contribution in [-0.2, 0) is 10.0 Å². The average molecular weight is 430 g/mol. The average Bonchev–Trinajstić information content (AvgIpc) is 2.88. The maximum absolute atomic E-state index is 13.9. The molecule has 2 aromatic rings. The highest BCUT2D eigenvalue weighted by Gasteiger charge is 2.31. The van der Waals surface area contributed by atoms with E-state index in [9.17, 15) is 26.0 Å². The molecule has 0 aromatic carbocycles. The summed E-state index contributed by atoms with van der Waals surface area (Å²) in [5, 5.41) is 0. The molecule has 0 bridgehead atoms. The number of hydrogen-bond donors (Lipinski definition) is 0. The van der Waals surface area contributed by atoms with Gasteiger partial charge in [0.1, 0.15) is 9.90 Å². The summed E-state index contributed by atoms with van der Waals surface area (Å²) in [5.41, 5.74) is -0.881. The number of halogens is 5. The monoisotopic (exact) mass is 429 g/mol. The minimum atomic E-state index is -3.81. The highest BCUT2D eigenvalue weighted by molar-refractivity contribution is 7.91. The molecule has 142 valence electrons. The zero-order valence-electron chi connectivity index (χ0n) is 13.1. The summed E-state index contributed by atoms with van der Waals surface area (Å²) in [6.45, 7) is -0.140. The highest BCUT2D eigenvalue weighted by Crippen LogP contribution is 2.30. The van der Waals surface area contributed by atoms with E-state index >= 15 is 0 Å². The van der Waals surface area contributed by atoms with Crippen LogP contribution in [0.5, 0.6) is 0 Å². The first-order valence-electron chi connectivity index (χ1n) is 7.42. The van der Waals surface area contributed by atoms with Crippen molar-refractivity contribution in [3.63, 3.8) is 0 Å². The molecule has 0 radical (unpaired) electrons. The number of thiophene rings is 1. The molecule has 0 N–H and O–H groups in total. The highest BCUT2D eigenvalue weighted by atomic mass is 35.5. The summed E-state index contributed by atoms with van der Waals surface area (Å²) in [6, 6.07) is 2.83. The smallest absolute Gasteiger partial charge is 0.253 e. The molecule has 3 rings (SSSR count). The summed E-state index contributed by atoms with van der Waals surface area (Å²) >= 11 is 6.67. The van der Waals surface area contributed by atoms with E-state index in [0.29, 0.717) is 4.34 Å². The second-order valence-electron chi connectivity index (χ2n) is 5.47. The van der Waals surface area contributed by atoms with Gasteiger partial charge in [-0.25, -0.2) is 8.42 Å². The normalized spacial score (nSPS) is 16.7. The molecular weight excluding hydrogens is 418 g/mol. The van der Waals surface area contributed by atoms with Crippen molar-refractivity contribution in [3.05, 3.63) is 40.0 Å². The number of aromatic nitrogens is 1. The van der Waals surface area contributed by atoms with Gasteiger partial charge < -0.3 is 4.90 Å². The molecule has 0 aliphatic carbocycles. The maximum Gasteiger partial charge on any atom is 0.253 e. The molecule has 5 nitrogen and oxygen atoms in total. The minimum Gasteiger partial charge on any atom is -0.365 e. The van der Waals surface area contributed by atoms with Crippen molar-refractivity contribution in [1.29, 1.82) is 0 Å². The Labute approximate surface area is 155 Å². The predicted molar refractivity (Wildman–Crippen MR) is 89.0 cm³/mol. The third-order valence-corrected chi connectivity index (χ3v) is 7.49. The number of anilines is 1. The third-order valence-electron chi connectivity index (χ3n) is 3.89. The van der Waals surface area contributed by atoms with Crippen molar-refractivity contribution in [2.24, 2.45) is 0 Å². The number of hydrogen-bond acceptors (Lipinski definition) is 5. The summed E-state index contributed by atoms with van der Waals surface area (Å²) in [7, 11) is -3.81. The molecule has 0 atom stereocenters. The van der Waals surface area contributed by atoms with E-state index in [0.717, 1.165) is 20.5 Å². The van der Waals surface area contributed by atoms with Crippen molar-refractivity contribution in [1.82, 2.24) is 9.29 Å². The van der Waals surface area contributed by atoms with Gasteiger partial charge in [0.15, 0.2) is 0 Å². The van der Waals surface area contributed by atoms with Gasteiger partial charge >= 0.3 is 0 Å². The molecule has 1 aliphatic heterocycles. The summed E-state index contributed by atoms with van der Waals surface area (Å²) in [5.74, 6) is -6.71. The van der Waals surface area contributed by atoms with Crippen molar-refractivity contribution >= 4 is 38.6 Å². The fourth-order valence-electron chi connectivity index (χ4n) is 2.68. The molecule has 1 aliphatic rings. The Hall–Kier alpha value is -1.43. The molecule has 0 spiro atoms. The maximum atomic E-state index is 13.9. The van der Waals surface area contributed by atoms with Crippen LogP contribution in [0.3, 0.4) is 0 Å². The van der Waals surface area contributed by atoms with E-state index in [1.165, 1.54) is 12.1 Å². The zero-order valence-corrected chi connectivity index (χ0v) is 15.4. The van der Waals surface area contributed by atoms with Gasteiger partial charge in [-0.2, -0.15) is 26.9 Å². The lowest BCUT2D eigenvalue weighted by Gasteiger charge is -2.24. The first-order chi connectivity index (χ1) is 12.2. The molecule has 2 aromatic heterocycles. The molecule has 1 saturated heterocycles.